The van der Waals surface area contributed by atoms with E-state index < -0.39 is 5.82 Å². The van der Waals surface area contributed by atoms with Crippen molar-refractivity contribution < 1.29 is 13.9 Å². The number of isocyanates is 1. The summed E-state index contributed by atoms with van der Waals surface area (Å²) < 4.78 is 18.2. The molecule has 0 bridgehead atoms. The molecule has 0 heterocycles. The van der Waals surface area contributed by atoms with Crippen LogP contribution in [0.2, 0.25) is 0 Å². The van der Waals surface area contributed by atoms with Gasteiger partial charge in [0, 0.05) is 0 Å². The van der Waals surface area contributed by atoms with E-state index >= 15 is 0 Å². The van der Waals surface area contributed by atoms with Crippen molar-refractivity contribution in [3.63, 3.8) is 0 Å². The third-order valence-electron chi connectivity index (χ3n) is 1.62. The van der Waals surface area contributed by atoms with Crippen molar-refractivity contribution in [2.75, 3.05) is 6.61 Å². The molecular formula is C10H10FNO2. The van der Waals surface area contributed by atoms with Gasteiger partial charge in [0.25, 0.3) is 0 Å². The van der Waals surface area contributed by atoms with Gasteiger partial charge in [-0.3, -0.25) is 0 Å². The monoisotopic (exact) mass is 195 g/mol. The minimum atomic E-state index is -0.439. The van der Waals surface area contributed by atoms with Crippen LogP contribution in [-0.2, 0) is 11.3 Å². The molecule has 0 aromatic heterocycles. The second-order valence-electron chi connectivity index (χ2n) is 2.61. The van der Waals surface area contributed by atoms with E-state index in [4.69, 9.17) is 4.74 Å². The summed E-state index contributed by atoms with van der Waals surface area (Å²) in [7, 11) is 0. The Morgan fingerprint density at radius 1 is 1.57 bits per heavy atom. The summed E-state index contributed by atoms with van der Waals surface area (Å²) in [5.74, 6) is -0.225. The van der Waals surface area contributed by atoms with Crippen molar-refractivity contribution in [1.82, 2.24) is 0 Å². The summed E-state index contributed by atoms with van der Waals surface area (Å²) in [6.45, 7) is 2.35. The molecule has 74 valence electrons. The van der Waals surface area contributed by atoms with Crippen LogP contribution in [0.4, 0.5) is 4.39 Å². The number of ether oxygens (including phenoxy) is 1. The lowest BCUT2D eigenvalue weighted by molar-refractivity contribution is 0.321. The number of nitrogens with zero attached hydrogens (tertiary/aromatic N) is 1. The first-order valence-corrected chi connectivity index (χ1v) is 4.22. The normalized spacial score (nSPS) is 9.29. The van der Waals surface area contributed by atoms with Crippen LogP contribution in [0.5, 0.6) is 5.75 Å². The maximum atomic E-state index is 13.2. The van der Waals surface area contributed by atoms with Crippen LogP contribution >= 0.6 is 0 Å². The molecular weight excluding hydrogens is 185 g/mol. The first kappa shape index (κ1) is 10.4. The fraction of sp³-hybridized carbons (Fsp3) is 0.300. The molecule has 0 saturated heterocycles. The molecule has 0 atom stereocenters. The van der Waals surface area contributed by atoms with Crippen molar-refractivity contribution >= 4 is 6.08 Å². The second kappa shape index (κ2) is 5.14. The summed E-state index contributed by atoms with van der Waals surface area (Å²) in [6, 6.07) is 4.48. The number of hydrogen-bond donors (Lipinski definition) is 0. The molecule has 1 aromatic carbocycles. The van der Waals surface area contributed by atoms with Crippen LogP contribution in [0.1, 0.15) is 12.5 Å². The van der Waals surface area contributed by atoms with Gasteiger partial charge >= 0.3 is 0 Å². The number of carbonyl (C=O) groups excluding carboxylic acids is 1. The molecule has 0 saturated carbocycles. The molecule has 1 aromatic rings. The fourth-order valence-electron chi connectivity index (χ4n) is 1.04. The van der Waals surface area contributed by atoms with E-state index in [2.05, 4.69) is 4.99 Å². The maximum absolute atomic E-state index is 13.2. The minimum Gasteiger partial charge on any atom is -0.491 e. The lowest BCUT2D eigenvalue weighted by Gasteiger charge is -2.04. The quantitative estimate of drug-likeness (QED) is 0.544. The topological polar surface area (TPSA) is 38.7 Å². The van der Waals surface area contributed by atoms with Crippen molar-refractivity contribution in [1.29, 1.82) is 0 Å². The third kappa shape index (κ3) is 2.68. The zero-order chi connectivity index (χ0) is 10.4. The summed E-state index contributed by atoms with van der Waals surface area (Å²) in [5.41, 5.74) is 0.620. The molecule has 0 radical (unpaired) electrons. The van der Waals surface area contributed by atoms with Crippen LogP contribution < -0.4 is 4.74 Å². The Kier molecular flexibility index (Phi) is 3.83. The first-order valence-electron chi connectivity index (χ1n) is 4.22. The molecule has 0 aliphatic carbocycles. The van der Waals surface area contributed by atoms with Crippen molar-refractivity contribution in [3.8, 4) is 5.75 Å². The highest BCUT2D eigenvalue weighted by molar-refractivity contribution is 5.35. The highest BCUT2D eigenvalue weighted by Gasteiger charge is 2.03. The molecule has 0 N–H and O–H groups in total. The van der Waals surface area contributed by atoms with Gasteiger partial charge < -0.3 is 4.74 Å². The summed E-state index contributed by atoms with van der Waals surface area (Å²) in [4.78, 5) is 13.2. The van der Waals surface area contributed by atoms with Gasteiger partial charge in [0.2, 0.25) is 6.08 Å². The van der Waals surface area contributed by atoms with Gasteiger partial charge in [-0.2, -0.15) is 0 Å². The van der Waals surface area contributed by atoms with Gasteiger partial charge in [-0.25, -0.2) is 14.2 Å². The number of halogens is 1. The minimum absolute atomic E-state index is 0.146. The van der Waals surface area contributed by atoms with Gasteiger partial charge in [-0.1, -0.05) is 6.07 Å². The Morgan fingerprint density at radius 3 is 2.93 bits per heavy atom. The Balaban J connectivity index is 2.82. The van der Waals surface area contributed by atoms with Gasteiger partial charge in [-0.05, 0) is 24.6 Å². The molecule has 0 amide bonds. The van der Waals surface area contributed by atoms with E-state index in [1.165, 1.54) is 18.2 Å². The number of aliphatic imine (C=N–C) groups is 1. The number of rotatable bonds is 4. The Labute approximate surface area is 81.2 Å². The van der Waals surface area contributed by atoms with Crippen LogP contribution in [0, 0.1) is 5.82 Å². The van der Waals surface area contributed by atoms with Gasteiger partial charge in [0.15, 0.2) is 11.6 Å². The molecule has 0 aliphatic rings. The number of hydrogen-bond acceptors (Lipinski definition) is 3. The highest BCUT2D eigenvalue weighted by atomic mass is 19.1. The first-order chi connectivity index (χ1) is 6.77. The van der Waals surface area contributed by atoms with E-state index in [-0.39, 0.29) is 12.3 Å². The van der Waals surface area contributed by atoms with E-state index in [1.807, 2.05) is 0 Å². The second-order valence-corrected chi connectivity index (χ2v) is 2.61. The number of benzene rings is 1. The van der Waals surface area contributed by atoms with E-state index in [9.17, 15) is 9.18 Å². The average Bonchev–Trinajstić information content (AvgIpc) is 2.19. The highest BCUT2D eigenvalue weighted by Crippen LogP contribution is 2.18. The Morgan fingerprint density at radius 2 is 2.36 bits per heavy atom. The van der Waals surface area contributed by atoms with Gasteiger partial charge in [-0.15, -0.1) is 0 Å². The lowest BCUT2D eigenvalue weighted by Crippen LogP contribution is -1.95. The van der Waals surface area contributed by atoms with Crippen LogP contribution in [0.15, 0.2) is 23.2 Å². The predicted octanol–water partition coefficient (Wildman–Crippen LogP) is 2.06. The summed E-state index contributed by atoms with van der Waals surface area (Å²) in [5, 5.41) is 0. The zero-order valence-electron chi connectivity index (χ0n) is 7.79. The Bertz CT molecular complexity index is 359. The third-order valence-corrected chi connectivity index (χ3v) is 1.62. The lowest BCUT2D eigenvalue weighted by atomic mass is 10.2. The summed E-state index contributed by atoms with van der Waals surface area (Å²) in [6.07, 6.45) is 1.40. The molecule has 3 nitrogen and oxygen atoms in total. The Hall–Kier alpha value is -1.67. The zero-order valence-corrected chi connectivity index (χ0v) is 7.79. The van der Waals surface area contributed by atoms with E-state index in [0.29, 0.717) is 12.2 Å². The van der Waals surface area contributed by atoms with E-state index in [0.717, 1.165) is 0 Å². The molecule has 0 fully saturated rings. The average molecular weight is 195 g/mol. The largest absolute Gasteiger partial charge is 0.491 e. The molecule has 4 heteroatoms. The van der Waals surface area contributed by atoms with Crippen LogP contribution in [-0.4, -0.2) is 12.7 Å². The van der Waals surface area contributed by atoms with Crippen LogP contribution in [0.3, 0.4) is 0 Å². The van der Waals surface area contributed by atoms with Gasteiger partial charge in [0.05, 0.1) is 13.2 Å². The smallest absolute Gasteiger partial charge is 0.235 e. The van der Waals surface area contributed by atoms with Crippen LogP contribution in [0.25, 0.3) is 0 Å². The van der Waals surface area contributed by atoms with Gasteiger partial charge in [0.1, 0.15) is 0 Å². The molecule has 14 heavy (non-hydrogen) atoms. The van der Waals surface area contributed by atoms with E-state index in [1.54, 1.807) is 13.0 Å². The maximum Gasteiger partial charge on any atom is 0.235 e. The van der Waals surface area contributed by atoms with Crippen molar-refractivity contribution in [3.05, 3.63) is 29.6 Å². The summed E-state index contributed by atoms with van der Waals surface area (Å²) >= 11 is 0. The molecule has 1 rings (SSSR count). The molecule has 0 unspecified atom stereocenters. The standard InChI is InChI=1S/C10H10FNO2/c1-2-14-10-4-3-8(5-9(10)11)6-12-7-13/h3-5H,2,6H2,1H3. The predicted molar refractivity (Wildman–Crippen MR) is 49.4 cm³/mol. The van der Waals surface area contributed by atoms with Crippen molar-refractivity contribution in [2.45, 2.75) is 13.5 Å². The van der Waals surface area contributed by atoms with Crippen molar-refractivity contribution in [2.24, 2.45) is 4.99 Å². The fourth-order valence-corrected chi connectivity index (χ4v) is 1.04. The molecule has 0 aliphatic heterocycles. The molecule has 0 spiro atoms. The SMILES string of the molecule is CCOc1ccc(CN=C=O)cc1F.